The Bertz CT molecular complexity index is 118. The molecule has 0 aliphatic heterocycles. The van der Waals surface area contributed by atoms with Crippen molar-refractivity contribution in [2.24, 2.45) is 0 Å². The second-order valence-corrected chi connectivity index (χ2v) is 2.70. The third kappa shape index (κ3) is 5.43. The minimum absolute atomic E-state index is 0.587. The molecule has 0 aliphatic rings. The number of thioether (sulfide) groups is 1. The van der Waals surface area contributed by atoms with Crippen LogP contribution in [0.1, 0.15) is 0 Å². The normalized spacial score (nSPS) is 10.1. The molecule has 0 spiro atoms. The van der Waals surface area contributed by atoms with Crippen molar-refractivity contribution in [3.05, 3.63) is 12.3 Å². The van der Waals surface area contributed by atoms with E-state index in [1.54, 1.807) is 6.08 Å². The molecule has 0 aromatic rings. The molecule has 1 N–H and O–H groups in total. The predicted molar refractivity (Wildman–Crippen MR) is 44.1 cm³/mol. The summed E-state index contributed by atoms with van der Waals surface area (Å²) in [7, 11) is 3.87. The van der Waals surface area contributed by atoms with Crippen molar-refractivity contribution in [3.63, 3.8) is 0 Å². The van der Waals surface area contributed by atoms with Gasteiger partial charge in [0, 0.05) is 20.3 Å². The topological polar surface area (TPSA) is 27.1 Å². The highest BCUT2D eigenvalue weighted by molar-refractivity contribution is 8.13. The Kier molecular flexibility index (Phi) is 4.22. The molecule has 3 heteroatoms. The molecule has 0 heterocycles. The van der Waals surface area contributed by atoms with Gasteiger partial charge in [0.2, 0.25) is 0 Å². The van der Waals surface area contributed by atoms with Gasteiger partial charge < -0.3 is 4.90 Å². The van der Waals surface area contributed by atoms with E-state index in [9.17, 15) is 0 Å². The molecule has 0 rings (SSSR count). The first-order valence-electron chi connectivity index (χ1n) is 2.64. The largest absolute Gasteiger partial charge is 0.383 e. The number of nitrogens with zero attached hydrogens (tertiary/aromatic N) is 1. The average molecular weight is 144 g/mol. The van der Waals surface area contributed by atoms with Crippen LogP contribution in [0.3, 0.4) is 0 Å². The minimum Gasteiger partial charge on any atom is -0.383 e. The van der Waals surface area contributed by atoms with Gasteiger partial charge in [-0.15, -0.1) is 11.8 Å². The summed E-state index contributed by atoms with van der Waals surface area (Å²) >= 11 is 1.44. The molecule has 0 radical (unpaired) electrons. The van der Waals surface area contributed by atoms with Crippen LogP contribution in [-0.4, -0.2) is 30.3 Å². The minimum atomic E-state index is 0.587. The average Bonchev–Trinajstić information content (AvgIpc) is 1.83. The maximum Gasteiger partial charge on any atom is 0.0881 e. The molecule has 0 atom stereocenters. The lowest BCUT2D eigenvalue weighted by Crippen LogP contribution is -2.00. The Morgan fingerprint density at radius 3 is 2.44 bits per heavy atom. The third-order valence-corrected chi connectivity index (χ3v) is 1.32. The van der Waals surface area contributed by atoms with Crippen LogP contribution >= 0.6 is 11.8 Å². The van der Waals surface area contributed by atoms with Crippen molar-refractivity contribution in [1.29, 1.82) is 5.41 Å². The fourth-order valence-electron chi connectivity index (χ4n) is 0.285. The summed E-state index contributed by atoms with van der Waals surface area (Å²) in [6.07, 6.45) is 5.52. The lowest BCUT2D eigenvalue weighted by Gasteiger charge is -2.01. The van der Waals surface area contributed by atoms with E-state index in [0.29, 0.717) is 5.04 Å². The van der Waals surface area contributed by atoms with E-state index in [0.717, 1.165) is 0 Å². The Morgan fingerprint density at radius 2 is 2.11 bits per heavy atom. The molecule has 0 fully saturated rings. The van der Waals surface area contributed by atoms with Crippen LogP contribution in [0.5, 0.6) is 0 Å². The number of rotatable bonds is 2. The molecule has 9 heavy (non-hydrogen) atoms. The summed E-state index contributed by atoms with van der Waals surface area (Å²) in [4.78, 5) is 1.91. The zero-order valence-electron chi connectivity index (χ0n) is 6.01. The monoisotopic (exact) mass is 144 g/mol. The van der Waals surface area contributed by atoms with Crippen LogP contribution in [-0.2, 0) is 0 Å². The fourth-order valence-corrected chi connectivity index (χ4v) is 0.482. The van der Waals surface area contributed by atoms with Crippen LogP contribution in [0, 0.1) is 5.41 Å². The zero-order chi connectivity index (χ0) is 7.28. The maximum atomic E-state index is 7.18. The lowest BCUT2D eigenvalue weighted by atomic mass is 10.6. The number of hydrogen-bond acceptors (Lipinski definition) is 3. The number of nitrogens with one attached hydrogen (secondary N) is 1. The van der Waals surface area contributed by atoms with Crippen LogP contribution in [0.15, 0.2) is 12.3 Å². The summed E-state index contributed by atoms with van der Waals surface area (Å²) < 4.78 is 0. The summed E-state index contributed by atoms with van der Waals surface area (Å²) in [5, 5.41) is 7.77. The van der Waals surface area contributed by atoms with E-state index in [4.69, 9.17) is 5.41 Å². The van der Waals surface area contributed by atoms with Gasteiger partial charge in [0.05, 0.1) is 5.04 Å². The summed E-state index contributed by atoms with van der Waals surface area (Å²) in [5.74, 6) is 0. The third-order valence-electron chi connectivity index (χ3n) is 0.744. The molecule has 0 unspecified atom stereocenters. The SMILES string of the molecule is CSC(=N)C=CN(C)C. The molecule has 0 bridgehead atoms. The van der Waals surface area contributed by atoms with Gasteiger partial charge >= 0.3 is 0 Å². The first-order valence-corrected chi connectivity index (χ1v) is 3.86. The molecule has 0 aliphatic carbocycles. The van der Waals surface area contributed by atoms with Gasteiger partial charge in [-0.05, 0) is 12.3 Å². The highest BCUT2D eigenvalue weighted by Crippen LogP contribution is 1.95. The van der Waals surface area contributed by atoms with Crippen LogP contribution in [0.25, 0.3) is 0 Å². The summed E-state index contributed by atoms with van der Waals surface area (Å²) in [6.45, 7) is 0. The van der Waals surface area contributed by atoms with Crippen molar-refractivity contribution < 1.29 is 0 Å². The summed E-state index contributed by atoms with van der Waals surface area (Å²) in [6, 6.07) is 0. The lowest BCUT2D eigenvalue weighted by molar-refractivity contribution is 0.564. The second-order valence-electron chi connectivity index (χ2n) is 1.85. The molecule has 0 saturated carbocycles. The van der Waals surface area contributed by atoms with Crippen LogP contribution in [0.4, 0.5) is 0 Å². The first-order chi connectivity index (χ1) is 4.16. The summed E-state index contributed by atoms with van der Waals surface area (Å²) in [5.41, 5.74) is 0. The molecule has 2 nitrogen and oxygen atoms in total. The van der Waals surface area contributed by atoms with Crippen molar-refractivity contribution in [2.75, 3.05) is 20.4 Å². The fraction of sp³-hybridized carbons (Fsp3) is 0.500. The highest BCUT2D eigenvalue weighted by Gasteiger charge is 1.83. The maximum absolute atomic E-state index is 7.18. The van der Waals surface area contributed by atoms with Gasteiger partial charge in [-0.25, -0.2) is 0 Å². The molecular formula is C6H12N2S. The van der Waals surface area contributed by atoms with Gasteiger partial charge in [0.15, 0.2) is 0 Å². The number of hydrogen-bond donors (Lipinski definition) is 1. The van der Waals surface area contributed by atoms with Crippen molar-refractivity contribution in [1.82, 2.24) is 4.90 Å². The molecule has 0 saturated heterocycles. The van der Waals surface area contributed by atoms with E-state index < -0.39 is 0 Å². The molecule has 0 amide bonds. The van der Waals surface area contributed by atoms with E-state index in [1.165, 1.54) is 11.8 Å². The van der Waals surface area contributed by atoms with Gasteiger partial charge in [0.25, 0.3) is 0 Å². The van der Waals surface area contributed by atoms with E-state index in [2.05, 4.69) is 0 Å². The van der Waals surface area contributed by atoms with Gasteiger partial charge in [-0.2, -0.15) is 0 Å². The Morgan fingerprint density at radius 1 is 1.56 bits per heavy atom. The molecule has 0 aromatic carbocycles. The van der Waals surface area contributed by atoms with Crippen molar-refractivity contribution >= 4 is 16.8 Å². The van der Waals surface area contributed by atoms with Crippen molar-refractivity contribution in [3.8, 4) is 0 Å². The molecule has 0 aromatic heterocycles. The standard InChI is InChI=1S/C6H12N2S/c1-8(2)5-4-6(7)9-3/h4-5,7H,1-3H3. The smallest absolute Gasteiger partial charge is 0.0881 e. The first kappa shape index (κ1) is 8.56. The van der Waals surface area contributed by atoms with E-state index in [-0.39, 0.29) is 0 Å². The Hall–Kier alpha value is -0.440. The van der Waals surface area contributed by atoms with Gasteiger partial charge in [0.1, 0.15) is 0 Å². The quantitative estimate of drug-likeness (QED) is 0.468. The molecule has 52 valence electrons. The zero-order valence-corrected chi connectivity index (χ0v) is 6.83. The highest BCUT2D eigenvalue weighted by atomic mass is 32.2. The Balaban J connectivity index is 3.57. The predicted octanol–water partition coefficient (Wildman–Crippen LogP) is 1.40. The van der Waals surface area contributed by atoms with Crippen LogP contribution in [0.2, 0.25) is 0 Å². The van der Waals surface area contributed by atoms with Crippen molar-refractivity contribution in [2.45, 2.75) is 0 Å². The Labute approximate surface area is 60.4 Å². The van der Waals surface area contributed by atoms with E-state index >= 15 is 0 Å². The molecular weight excluding hydrogens is 132 g/mol. The van der Waals surface area contributed by atoms with Crippen LogP contribution < -0.4 is 0 Å². The second kappa shape index (κ2) is 4.44. The van der Waals surface area contributed by atoms with Gasteiger partial charge in [-0.1, -0.05) is 0 Å². The van der Waals surface area contributed by atoms with E-state index in [1.807, 2.05) is 31.5 Å². The van der Waals surface area contributed by atoms with Gasteiger partial charge in [-0.3, -0.25) is 5.41 Å².